The van der Waals surface area contributed by atoms with Gasteiger partial charge in [-0.15, -0.1) is 0 Å². The Morgan fingerprint density at radius 3 is 2.21 bits per heavy atom. The number of hydrogen-bond acceptors (Lipinski definition) is 2. The smallest absolute Gasteiger partial charge is 0.0656 e. The van der Waals surface area contributed by atoms with E-state index in [4.69, 9.17) is 5.11 Å². The lowest BCUT2D eigenvalue weighted by Gasteiger charge is -2.58. The van der Waals surface area contributed by atoms with Gasteiger partial charge < -0.3 is 10.2 Å². The molecular weight excluding hydrogens is 176 g/mol. The molecule has 2 heteroatoms. The van der Waals surface area contributed by atoms with Crippen LogP contribution in [0.15, 0.2) is 0 Å². The zero-order valence-corrected chi connectivity index (χ0v) is 8.65. The van der Waals surface area contributed by atoms with Crippen LogP contribution in [-0.2, 0) is 0 Å². The first-order valence-corrected chi connectivity index (χ1v) is 6.03. The standard InChI is InChI=1S/C12H20O2/c13-2-1-11-9-3-8-4-10(11)7-12(14,5-8)6-9/h8-11,13-14H,1-7H2/t8?,9-,10+,11?,12?. The van der Waals surface area contributed by atoms with Crippen molar-refractivity contribution in [3.8, 4) is 0 Å². The summed E-state index contributed by atoms with van der Waals surface area (Å²) in [4.78, 5) is 0. The Bertz CT molecular complexity index is 222. The maximum Gasteiger partial charge on any atom is 0.0656 e. The Morgan fingerprint density at radius 2 is 1.71 bits per heavy atom. The van der Waals surface area contributed by atoms with Gasteiger partial charge in [-0.05, 0) is 62.2 Å². The lowest BCUT2D eigenvalue weighted by atomic mass is 9.49. The number of rotatable bonds is 2. The van der Waals surface area contributed by atoms with Gasteiger partial charge in [-0.1, -0.05) is 0 Å². The molecule has 5 atom stereocenters. The Labute approximate surface area is 85.3 Å². The molecular formula is C12H20O2. The molecule has 0 amide bonds. The van der Waals surface area contributed by atoms with Crippen molar-refractivity contribution >= 4 is 0 Å². The zero-order valence-electron chi connectivity index (χ0n) is 8.65. The van der Waals surface area contributed by atoms with Crippen LogP contribution in [0, 0.1) is 23.7 Å². The minimum atomic E-state index is -0.303. The molecule has 0 aliphatic heterocycles. The van der Waals surface area contributed by atoms with Gasteiger partial charge in [-0.25, -0.2) is 0 Å². The summed E-state index contributed by atoms with van der Waals surface area (Å²) in [5.41, 5.74) is -0.303. The maximum absolute atomic E-state index is 10.3. The van der Waals surface area contributed by atoms with Crippen molar-refractivity contribution < 1.29 is 10.2 Å². The molecule has 4 fully saturated rings. The van der Waals surface area contributed by atoms with E-state index >= 15 is 0 Å². The maximum atomic E-state index is 10.3. The third kappa shape index (κ3) is 1.24. The van der Waals surface area contributed by atoms with Crippen LogP contribution in [-0.4, -0.2) is 22.4 Å². The molecule has 80 valence electrons. The monoisotopic (exact) mass is 196 g/mol. The van der Waals surface area contributed by atoms with Gasteiger partial charge in [-0.2, -0.15) is 0 Å². The minimum absolute atomic E-state index is 0.303. The van der Waals surface area contributed by atoms with Gasteiger partial charge in [0.1, 0.15) is 0 Å². The van der Waals surface area contributed by atoms with E-state index in [-0.39, 0.29) is 5.60 Å². The summed E-state index contributed by atoms with van der Waals surface area (Å²) < 4.78 is 0. The fraction of sp³-hybridized carbons (Fsp3) is 1.00. The van der Waals surface area contributed by atoms with Gasteiger partial charge in [0.15, 0.2) is 0 Å². The van der Waals surface area contributed by atoms with E-state index in [9.17, 15) is 5.11 Å². The van der Waals surface area contributed by atoms with Crippen molar-refractivity contribution in [2.75, 3.05) is 6.61 Å². The predicted molar refractivity (Wildman–Crippen MR) is 53.7 cm³/mol. The molecule has 0 saturated heterocycles. The van der Waals surface area contributed by atoms with Crippen LogP contribution in [0.4, 0.5) is 0 Å². The van der Waals surface area contributed by atoms with E-state index in [1.165, 1.54) is 12.8 Å². The van der Waals surface area contributed by atoms with Gasteiger partial charge in [0.05, 0.1) is 5.60 Å². The fourth-order valence-electron chi connectivity index (χ4n) is 4.71. The Kier molecular flexibility index (Phi) is 1.94. The number of aliphatic hydroxyl groups excluding tert-OH is 1. The van der Waals surface area contributed by atoms with Gasteiger partial charge in [0.2, 0.25) is 0 Å². The Hall–Kier alpha value is -0.0800. The third-order valence-electron chi connectivity index (χ3n) is 4.90. The molecule has 2 N–H and O–H groups in total. The van der Waals surface area contributed by atoms with Crippen LogP contribution in [0.2, 0.25) is 0 Å². The summed E-state index contributed by atoms with van der Waals surface area (Å²) in [7, 11) is 0. The van der Waals surface area contributed by atoms with E-state index in [1.54, 1.807) is 0 Å². The predicted octanol–water partition coefficient (Wildman–Crippen LogP) is 1.56. The highest BCUT2D eigenvalue weighted by atomic mass is 16.3. The average molecular weight is 196 g/mol. The van der Waals surface area contributed by atoms with Gasteiger partial charge in [-0.3, -0.25) is 0 Å². The second-order valence-corrected chi connectivity index (χ2v) is 5.87. The fourth-order valence-corrected chi connectivity index (χ4v) is 4.71. The molecule has 0 aromatic heterocycles. The summed E-state index contributed by atoms with van der Waals surface area (Å²) in [5.74, 6) is 2.96. The normalized spacial score (nSPS) is 55.3. The molecule has 0 radical (unpaired) electrons. The van der Waals surface area contributed by atoms with Crippen LogP contribution < -0.4 is 0 Å². The molecule has 0 spiro atoms. The quantitative estimate of drug-likeness (QED) is 0.703. The Morgan fingerprint density at radius 1 is 1.07 bits per heavy atom. The largest absolute Gasteiger partial charge is 0.396 e. The minimum Gasteiger partial charge on any atom is -0.396 e. The highest BCUT2D eigenvalue weighted by molar-refractivity contribution is 5.05. The molecule has 4 aliphatic carbocycles. The molecule has 0 heterocycles. The van der Waals surface area contributed by atoms with E-state index in [0.29, 0.717) is 6.61 Å². The van der Waals surface area contributed by atoms with Crippen LogP contribution in [0.1, 0.15) is 38.5 Å². The number of hydrogen-bond donors (Lipinski definition) is 2. The van der Waals surface area contributed by atoms with Crippen molar-refractivity contribution in [1.82, 2.24) is 0 Å². The van der Waals surface area contributed by atoms with Crippen LogP contribution in [0.5, 0.6) is 0 Å². The molecule has 4 bridgehead atoms. The molecule has 14 heavy (non-hydrogen) atoms. The highest BCUT2D eigenvalue weighted by Crippen LogP contribution is 2.58. The third-order valence-corrected chi connectivity index (χ3v) is 4.90. The molecule has 0 aromatic carbocycles. The van der Waals surface area contributed by atoms with E-state index in [2.05, 4.69) is 0 Å². The van der Waals surface area contributed by atoms with Crippen molar-refractivity contribution in [2.24, 2.45) is 23.7 Å². The van der Waals surface area contributed by atoms with Crippen LogP contribution in [0.25, 0.3) is 0 Å². The topological polar surface area (TPSA) is 40.5 Å². The van der Waals surface area contributed by atoms with Crippen molar-refractivity contribution in [3.05, 3.63) is 0 Å². The van der Waals surface area contributed by atoms with Crippen molar-refractivity contribution in [1.29, 1.82) is 0 Å². The lowest BCUT2D eigenvalue weighted by Crippen LogP contribution is -2.54. The first-order chi connectivity index (χ1) is 6.70. The van der Waals surface area contributed by atoms with Crippen LogP contribution >= 0.6 is 0 Å². The molecule has 3 unspecified atom stereocenters. The second kappa shape index (κ2) is 2.96. The first kappa shape index (κ1) is 9.17. The van der Waals surface area contributed by atoms with Crippen LogP contribution in [0.3, 0.4) is 0 Å². The summed E-state index contributed by atoms with van der Waals surface area (Å²) in [6.07, 6.45) is 6.71. The lowest BCUT2D eigenvalue weighted by molar-refractivity contribution is -0.154. The summed E-state index contributed by atoms with van der Waals surface area (Å²) >= 11 is 0. The van der Waals surface area contributed by atoms with E-state index < -0.39 is 0 Å². The highest BCUT2D eigenvalue weighted by Gasteiger charge is 2.54. The molecule has 4 saturated carbocycles. The molecule has 2 nitrogen and oxygen atoms in total. The molecule has 4 rings (SSSR count). The molecule has 4 aliphatic rings. The average Bonchev–Trinajstić information content (AvgIpc) is 2.08. The first-order valence-electron chi connectivity index (χ1n) is 6.03. The number of aliphatic hydroxyl groups is 2. The van der Waals surface area contributed by atoms with Gasteiger partial charge >= 0.3 is 0 Å². The van der Waals surface area contributed by atoms with E-state index in [0.717, 1.165) is 49.4 Å². The van der Waals surface area contributed by atoms with Crippen molar-refractivity contribution in [3.63, 3.8) is 0 Å². The summed E-state index contributed by atoms with van der Waals surface area (Å²) in [6, 6.07) is 0. The second-order valence-electron chi connectivity index (χ2n) is 5.87. The summed E-state index contributed by atoms with van der Waals surface area (Å²) in [6.45, 7) is 0.334. The summed E-state index contributed by atoms with van der Waals surface area (Å²) in [5, 5.41) is 19.4. The van der Waals surface area contributed by atoms with E-state index in [1.807, 2.05) is 0 Å². The van der Waals surface area contributed by atoms with Gasteiger partial charge in [0.25, 0.3) is 0 Å². The zero-order chi connectivity index (χ0) is 9.76. The molecule has 0 aromatic rings. The van der Waals surface area contributed by atoms with Crippen molar-refractivity contribution in [2.45, 2.75) is 44.1 Å². The SMILES string of the molecule is OCCC1[C@@H]2CC3C[C@H]1CC(O)(C3)C2. The van der Waals surface area contributed by atoms with Gasteiger partial charge in [0, 0.05) is 6.61 Å². The Balaban J connectivity index is 1.82.